The van der Waals surface area contributed by atoms with E-state index in [1.54, 1.807) is 25.4 Å². The summed E-state index contributed by atoms with van der Waals surface area (Å²) in [5.74, 6) is 0.357. The van der Waals surface area contributed by atoms with Crippen molar-refractivity contribution >= 4 is 17.4 Å². The summed E-state index contributed by atoms with van der Waals surface area (Å²) >= 11 is 5.77. The molecule has 0 saturated carbocycles. The van der Waals surface area contributed by atoms with Gasteiger partial charge >= 0.3 is 0 Å². The van der Waals surface area contributed by atoms with Crippen LogP contribution in [0.5, 0.6) is 0 Å². The summed E-state index contributed by atoms with van der Waals surface area (Å²) in [4.78, 5) is 7.73. The predicted octanol–water partition coefficient (Wildman–Crippen LogP) is 1.07. The molecular formula is C7H8ClN3. The number of halogens is 1. The molecule has 0 fully saturated rings. The maximum absolute atomic E-state index is 5.77. The molecule has 4 heteroatoms. The molecule has 1 rings (SSSR count). The van der Waals surface area contributed by atoms with Crippen molar-refractivity contribution < 1.29 is 0 Å². The molecule has 11 heavy (non-hydrogen) atoms. The summed E-state index contributed by atoms with van der Waals surface area (Å²) in [6.45, 7) is 0. The van der Waals surface area contributed by atoms with Gasteiger partial charge < -0.3 is 5.73 Å². The van der Waals surface area contributed by atoms with E-state index in [1.807, 2.05) is 0 Å². The number of nitrogens with two attached hydrogens (primary N) is 1. The molecule has 0 aliphatic rings. The Morgan fingerprint density at radius 2 is 2.45 bits per heavy atom. The molecule has 0 saturated heterocycles. The first-order valence-corrected chi connectivity index (χ1v) is 3.46. The molecule has 1 heterocycles. The van der Waals surface area contributed by atoms with E-state index >= 15 is 0 Å². The molecule has 58 valence electrons. The van der Waals surface area contributed by atoms with E-state index in [4.69, 9.17) is 17.3 Å². The fourth-order valence-corrected chi connectivity index (χ4v) is 0.898. The van der Waals surface area contributed by atoms with Crippen LogP contribution >= 0.6 is 11.6 Å². The van der Waals surface area contributed by atoms with Crippen LogP contribution in [0.4, 0.5) is 0 Å². The average molecular weight is 170 g/mol. The number of aliphatic imine (C=N–C) groups is 1. The van der Waals surface area contributed by atoms with Crippen molar-refractivity contribution in [3.05, 3.63) is 29.0 Å². The zero-order chi connectivity index (χ0) is 8.27. The van der Waals surface area contributed by atoms with Crippen molar-refractivity contribution in [2.24, 2.45) is 10.7 Å². The van der Waals surface area contributed by atoms with Gasteiger partial charge in [-0.05, 0) is 12.1 Å². The number of amidine groups is 1. The molecule has 0 radical (unpaired) electrons. The number of rotatable bonds is 1. The minimum Gasteiger partial charge on any atom is -0.382 e. The van der Waals surface area contributed by atoms with E-state index in [2.05, 4.69) is 9.98 Å². The number of hydrogen-bond acceptors (Lipinski definition) is 2. The van der Waals surface area contributed by atoms with Crippen LogP contribution in [0.2, 0.25) is 5.02 Å². The molecule has 0 bridgehead atoms. The lowest BCUT2D eigenvalue weighted by Gasteiger charge is -1.99. The van der Waals surface area contributed by atoms with Crippen LogP contribution in [0.25, 0.3) is 0 Å². The summed E-state index contributed by atoms with van der Waals surface area (Å²) in [7, 11) is 1.60. The first kappa shape index (κ1) is 8.01. The molecule has 0 amide bonds. The van der Waals surface area contributed by atoms with Crippen molar-refractivity contribution in [1.82, 2.24) is 4.98 Å². The highest BCUT2D eigenvalue weighted by Gasteiger charge is 2.02. The highest BCUT2D eigenvalue weighted by atomic mass is 35.5. The molecule has 0 spiro atoms. The van der Waals surface area contributed by atoms with Crippen molar-refractivity contribution in [2.45, 2.75) is 0 Å². The Morgan fingerprint density at radius 3 is 3.00 bits per heavy atom. The van der Waals surface area contributed by atoms with Gasteiger partial charge in [0.2, 0.25) is 0 Å². The van der Waals surface area contributed by atoms with Crippen LogP contribution < -0.4 is 5.73 Å². The maximum atomic E-state index is 5.77. The van der Waals surface area contributed by atoms with Gasteiger partial charge in [-0.25, -0.2) is 0 Å². The normalized spacial score (nSPS) is 11.6. The molecule has 3 nitrogen and oxygen atoms in total. The fraction of sp³-hybridized carbons (Fsp3) is 0.143. The minimum absolute atomic E-state index is 0.357. The van der Waals surface area contributed by atoms with Gasteiger partial charge in [0, 0.05) is 13.2 Å². The quantitative estimate of drug-likeness (QED) is 0.505. The molecule has 0 unspecified atom stereocenters. The van der Waals surface area contributed by atoms with E-state index in [9.17, 15) is 0 Å². The molecule has 0 aliphatic carbocycles. The second-order valence-electron chi connectivity index (χ2n) is 1.94. The van der Waals surface area contributed by atoms with Crippen molar-refractivity contribution in [2.75, 3.05) is 7.05 Å². The fourth-order valence-electron chi connectivity index (χ4n) is 0.680. The molecule has 1 aromatic heterocycles. The van der Waals surface area contributed by atoms with E-state index in [0.717, 1.165) is 0 Å². The van der Waals surface area contributed by atoms with Gasteiger partial charge in [0.25, 0.3) is 0 Å². The minimum atomic E-state index is 0.357. The third-order valence-corrected chi connectivity index (χ3v) is 1.55. The van der Waals surface area contributed by atoms with Gasteiger partial charge in [-0.1, -0.05) is 11.6 Å². The smallest absolute Gasteiger partial charge is 0.145 e. The molecule has 0 aromatic carbocycles. The van der Waals surface area contributed by atoms with Crippen LogP contribution in [0.15, 0.2) is 23.3 Å². The predicted molar refractivity (Wildman–Crippen MR) is 45.9 cm³/mol. The Hall–Kier alpha value is -1.09. The molecule has 0 aliphatic heterocycles. The third-order valence-electron chi connectivity index (χ3n) is 1.24. The second kappa shape index (κ2) is 3.34. The van der Waals surface area contributed by atoms with E-state index in [1.165, 1.54) is 0 Å². The molecule has 0 atom stereocenters. The molecular weight excluding hydrogens is 162 g/mol. The van der Waals surface area contributed by atoms with Gasteiger partial charge in [-0.15, -0.1) is 0 Å². The Bertz CT molecular complexity index is 283. The van der Waals surface area contributed by atoms with Crippen LogP contribution in [0.3, 0.4) is 0 Å². The molecule has 1 aromatic rings. The summed E-state index contributed by atoms with van der Waals surface area (Å²) in [5.41, 5.74) is 6.04. The zero-order valence-corrected chi connectivity index (χ0v) is 6.84. The first-order valence-electron chi connectivity index (χ1n) is 3.09. The summed E-state index contributed by atoms with van der Waals surface area (Å²) in [6.07, 6.45) is 1.62. The van der Waals surface area contributed by atoms with E-state index in [0.29, 0.717) is 16.6 Å². The number of hydrogen-bond donors (Lipinski definition) is 1. The van der Waals surface area contributed by atoms with Crippen LogP contribution in [0, 0.1) is 0 Å². The van der Waals surface area contributed by atoms with Crippen molar-refractivity contribution in [1.29, 1.82) is 0 Å². The lowest BCUT2D eigenvalue weighted by molar-refractivity contribution is 1.26. The topological polar surface area (TPSA) is 51.3 Å². The van der Waals surface area contributed by atoms with E-state index < -0.39 is 0 Å². The Morgan fingerprint density at radius 1 is 1.73 bits per heavy atom. The summed E-state index contributed by atoms with van der Waals surface area (Å²) in [6, 6.07) is 3.47. The van der Waals surface area contributed by atoms with Crippen molar-refractivity contribution in [3.8, 4) is 0 Å². The second-order valence-corrected chi connectivity index (χ2v) is 2.35. The number of pyridine rings is 1. The highest BCUT2D eigenvalue weighted by Crippen LogP contribution is 2.10. The number of nitrogens with zero attached hydrogens (tertiary/aromatic N) is 2. The van der Waals surface area contributed by atoms with Gasteiger partial charge in [0.05, 0.1) is 5.02 Å². The van der Waals surface area contributed by atoms with E-state index in [-0.39, 0.29) is 0 Å². The monoisotopic (exact) mass is 169 g/mol. The Balaban J connectivity index is 3.14. The zero-order valence-electron chi connectivity index (χ0n) is 6.08. The lowest BCUT2D eigenvalue weighted by atomic mass is 10.3. The van der Waals surface area contributed by atoms with Gasteiger partial charge in [-0.2, -0.15) is 0 Å². The van der Waals surface area contributed by atoms with Crippen molar-refractivity contribution in [3.63, 3.8) is 0 Å². The van der Waals surface area contributed by atoms with Gasteiger partial charge in [0.1, 0.15) is 11.5 Å². The highest BCUT2D eigenvalue weighted by molar-refractivity contribution is 6.33. The largest absolute Gasteiger partial charge is 0.382 e. The Labute approximate surface area is 69.9 Å². The first-order chi connectivity index (χ1) is 5.25. The molecule has 2 N–H and O–H groups in total. The van der Waals surface area contributed by atoms with Gasteiger partial charge in [0.15, 0.2) is 0 Å². The van der Waals surface area contributed by atoms with Gasteiger partial charge in [-0.3, -0.25) is 9.98 Å². The SMILES string of the molecule is CN=C(N)c1ncccc1Cl. The number of aromatic nitrogens is 1. The lowest BCUT2D eigenvalue weighted by Crippen LogP contribution is -2.15. The summed E-state index contributed by atoms with van der Waals surface area (Å²) < 4.78 is 0. The Kier molecular flexibility index (Phi) is 2.44. The summed E-state index contributed by atoms with van der Waals surface area (Å²) in [5, 5.41) is 0.524. The standard InChI is InChI=1S/C7H8ClN3/c1-10-7(9)6-5(8)3-2-4-11-6/h2-4H,1H3,(H2,9,10). The van der Waals surface area contributed by atoms with Crippen LogP contribution in [-0.2, 0) is 0 Å². The third kappa shape index (κ3) is 1.68. The maximum Gasteiger partial charge on any atom is 0.145 e. The average Bonchev–Trinajstić information content (AvgIpc) is 2.04. The van der Waals surface area contributed by atoms with Crippen LogP contribution in [-0.4, -0.2) is 17.9 Å². The van der Waals surface area contributed by atoms with Crippen LogP contribution in [0.1, 0.15) is 5.69 Å².